The van der Waals surface area contributed by atoms with E-state index in [1.54, 1.807) is 11.5 Å². The minimum atomic E-state index is 1.02. The van der Waals surface area contributed by atoms with Gasteiger partial charge in [0.05, 0.1) is 11.9 Å². The first-order valence-electron chi connectivity index (χ1n) is 4.42. The van der Waals surface area contributed by atoms with Gasteiger partial charge in [-0.25, -0.2) is 8.77 Å². The Morgan fingerprint density at radius 2 is 1.93 bits per heavy atom. The fraction of sp³-hybridized carbons (Fsp3) is 0. The van der Waals surface area contributed by atoms with Crippen LogP contribution in [-0.4, -0.2) is 8.77 Å². The average molecular weight is 200 g/mol. The average Bonchev–Trinajstić information content (AvgIpc) is 2.79. The van der Waals surface area contributed by atoms with Crippen molar-refractivity contribution in [3.63, 3.8) is 0 Å². The number of imidazole rings is 1. The van der Waals surface area contributed by atoms with E-state index >= 15 is 0 Å². The molecule has 0 saturated carbocycles. The Kier molecular flexibility index (Phi) is 1.64. The van der Waals surface area contributed by atoms with E-state index in [0.29, 0.717) is 0 Å². The van der Waals surface area contributed by atoms with E-state index in [2.05, 4.69) is 26.3 Å². The molecular formula is C11H8N2S. The summed E-state index contributed by atoms with van der Waals surface area (Å²) in [6.07, 6.45) is 1.92. The summed E-state index contributed by atoms with van der Waals surface area (Å²) in [5.41, 5.74) is 3.40. The number of hydrogen-bond donors (Lipinski definition) is 0. The molecule has 3 heteroatoms. The highest BCUT2D eigenvalue weighted by Crippen LogP contribution is 2.22. The van der Waals surface area contributed by atoms with E-state index in [-0.39, 0.29) is 0 Å². The van der Waals surface area contributed by atoms with Gasteiger partial charge in [0.1, 0.15) is 5.65 Å². The number of hydrogen-bond acceptors (Lipinski definition) is 2. The molecule has 2 aromatic heterocycles. The first kappa shape index (κ1) is 7.76. The molecule has 0 aliphatic heterocycles. The third kappa shape index (κ3) is 1.06. The van der Waals surface area contributed by atoms with Crippen molar-refractivity contribution >= 4 is 17.2 Å². The zero-order valence-corrected chi connectivity index (χ0v) is 8.24. The summed E-state index contributed by atoms with van der Waals surface area (Å²) in [6, 6.07) is 12.3. The lowest BCUT2D eigenvalue weighted by atomic mass is 10.2. The maximum Gasteiger partial charge on any atom is 0.147 e. The third-order valence-electron chi connectivity index (χ3n) is 2.20. The smallest absolute Gasteiger partial charge is 0.147 e. The summed E-state index contributed by atoms with van der Waals surface area (Å²) in [4.78, 5) is 4.33. The second-order valence-electron chi connectivity index (χ2n) is 3.07. The Morgan fingerprint density at radius 3 is 2.79 bits per heavy atom. The molecule has 0 aliphatic rings. The maximum absolute atomic E-state index is 4.33. The highest BCUT2D eigenvalue weighted by atomic mass is 32.1. The van der Waals surface area contributed by atoms with Crippen LogP contribution in [0.4, 0.5) is 0 Å². The van der Waals surface area contributed by atoms with Crippen LogP contribution in [0.15, 0.2) is 48.0 Å². The van der Waals surface area contributed by atoms with E-state index in [4.69, 9.17) is 0 Å². The molecule has 0 amide bonds. The highest BCUT2D eigenvalue weighted by molar-refractivity contribution is 7.04. The van der Waals surface area contributed by atoms with Crippen molar-refractivity contribution < 1.29 is 0 Å². The summed E-state index contributed by atoms with van der Waals surface area (Å²) in [7, 11) is 0. The van der Waals surface area contributed by atoms with Gasteiger partial charge >= 0.3 is 0 Å². The summed E-state index contributed by atoms with van der Waals surface area (Å²) in [5.74, 6) is 0. The molecule has 0 N–H and O–H groups in total. The summed E-state index contributed by atoms with van der Waals surface area (Å²) in [6.45, 7) is 0. The molecule has 0 fully saturated rings. The monoisotopic (exact) mass is 200 g/mol. The first-order valence-corrected chi connectivity index (χ1v) is 5.26. The normalized spacial score (nSPS) is 10.9. The zero-order valence-electron chi connectivity index (χ0n) is 7.42. The van der Waals surface area contributed by atoms with Gasteiger partial charge in [0.15, 0.2) is 0 Å². The van der Waals surface area contributed by atoms with Crippen molar-refractivity contribution in [2.75, 3.05) is 0 Å². The maximum atomic E-state index is 4.33. The molecule has 2 nitrogen and oxygen atoms in total. The van der Waals surface area contributed by atoms with E-state index in [9.17, 15) is 0 Å². The van der Waals surface area contributed by atoms with Crippen molar-refractivity contribution in [2.45, 2.75) is 0 Å². The molecule has 0 spiro atoms. The van der Waals surface area contributed by atoms with Gasteiger partial charge in [0.2, 0.25) is 0 Å². The van der Waals surface area contributed by atoms with Crippen LogP contribution in [0.1, 0.15) is 0 Å². The minimum Gasteiger partial charge on any atom is -0.247 e. The standard InChI is InChI=1S/C11H8N2S/c1-2-4-9(5-3-1)10-8-12-11-6-7-14-13(10)11/h1-8H. The van der Waals surface area contributed by atoms with Gasteiger partial charge in [-0.1, -0.05) is 41.9 Å². The third-order valence-corrected chi connectivity index (χ3v) is 3.05. The van der Waals surface area contributed by atoms with Crippen LogP contribution in [-0.2, 0) is 0 Å². The fourth-order valence-corrected chi connectivity index (χ4v) is 2.32. The van der Waals surface area contributed by atoms with Gasteiger partial charge in [-0.2, -0.15) is 0 Å². The minimum absolute atomic E-state index is 1.02. The van der Waals surface area contributed by atoms with Crippen LogP contribution in [0.3, 0.4) is 0 Å². The molecule has 0 aliphatic carbocycles. The number of aromatic nitrogens is 2. The first-order chi connectivity index (χ1) is 6.95. The van der Waals surface area contributed by atoms with Gasteiger partial charge in [-0.05, 0) is 6.07 Å². The summed E-state index contributed by atoms with van der Waals surface area (Å²) < 4.78 is 2.13. The molecule has 0 unspecified atom stereocenters. The highest BCUT2D eigenvalue weighted by Gasteiger charge is 2.04. The van der Waals surface area contributed by atoms with Crippen molar-refractivity contribution in [3.05, 3.63) is 48.0 Å². The summed E-state index contributed by atoms with van der Waals surface area (Å²) in [5, 5.41) is 2.05. The molecule has 3 aromatic rings. The van der Waals surface area contributed by atoms with Gasteiger partial charge in [0, 0.05) is 10.9 Å². The van der Waals surface area contributed by atoms with Crippen LogP contribution in [0, 0.1) is 0 Å². The van der Waals surface area contributed by atoms with Gasteiger partial charge in [-0.3, -0.25) is 0 Å². The lowest BCUT2D eigenvalue weighted by molar-refractivity contribution is 1.37. The zero-order chi connectivity index (χ0) is 9.38. The largest absolute Gasteiger partial charge is 0.247 e. The van der Waals surface area contributed by atoms with Crippen LogP contribution < -0.4 is 0 Å². The van der Waals surface area contributed by atoms with E-state index in [0.717, 1.165) is 11.3 Å². The molecule has 0 radical (unpaired) electrons. The molecule has 0 saturated heterocycles. The lowest BCUT2D eigenvalue weighted by Crippen LogP contribution is -1.79. The van der Waals surface area contributed by atoms with Crippen molar-refractivity contribution in [1.29, 1.82) is 0 Å². The Bertz CT molecular complexity index is 551. The molecule has 3 rings (SSSR count). The van der Waals surface area contributed by atoms with Crippen molar-refractivity contribution in [1.82, 2.24) is 8.77 Å². The quantitative estimate of drug-likeness (QED) is 0.590. The second-order valence-corrected chi connectivity index (χ2v) is 3.92. The molecule has 0 atom stereocenters. The van der Waals surface area contributed by atoms with Crippen LogP contribution >= 0.6 is 11.5 Å². The molecule has 0 bridgehead atoms. The Hall–Kier alpha value is -1.61. The number of rotatable bonds is 1. The number of fused-ring (bicyclic) bond motifs is 1. The topological polar surface area (TPSA) is 17.3 Å². The van der Waals surface area contributed by atoms with Gasteiger partial charge < -0.3 is 0 Å². The second kappa shape index (κ2) is 2.96. The summed E-state index contributed by atoms with van der Waals surface area (Å²) >= 11 is 1.67. The fourth-order valence-electron chi connectivity index (χ4n) is 1.53. The Morgan fingerprint density at radius 1 is 1.07 bits per heavy atom. The molecule has 1 aromatic carbocycles. The van der Waals surface area contributed by atoms with Crippen molar-refractivity contribution in [2.24, 2.45) is 0 Å². The lowest BCUT2D eigenvalue weighted by Gasteiger charge is -1.96. The Labute approximate surface area is 85.6 Å². The van der Waals surface area contributed by atoms with E-state index in [1.807, 2.05) is 30.5 Å². The van der Waals surface area contributed by atoms with Crippen LogP contribution in [0.25, 0.3) is 16.9 Å². The Balaban J connectivity index is 2.28. The van der Waals surface area contributed by atoms with E-state index < -0.39 is 0 Å². The predicted molar refractivity (Wildman–Crippen MR) is 58.5 cm³/mol. The van der Waals surface area contributed by atoms with Gasteiger partial charge in [-0.15, -0.1) is 0 Å². The number of benzene rings is 1. The predicted octanol–water partition coefficient (Wildman–Crippen LogP) is 3.06. The van der Waals surface area contributed by atoms with Crippen molar-refractivity contribution in [3.8, 4) is 11.3 Å². The molecular weight excluding hydrogens is 192 g/mol. The number of nitrogens with zero attached hydrogens (tertiary/aromatic N) is 2. The SMILES string of the molecule is c1ccc(-c2cnc3ccsn23)cc1. The molecule has 14 heavy (non-hydrogen) atoms. The van der Waals surface area contributed by atoms with Crippen LogP contribution in [0.5, 0.6) is 0 Å². The van der Waals surface area contributed by atoms with Crippen LogP contribution in [0.2, 0.25) is 0 Å². The molecule has 2 heterocycles. The molecule has 68 valence electrons. The van der Waals surface area contributed by atoms with E-state index in [1.165, 1.54) is 5.56 Å². The van der Waals surface area contributed by atoms with Gasteiger partial charge in [0.25, 0.3) is 0 Å².